The zero-order chi connectivity index (χ0) is 12.8. The van der Waals surface area contributed by atoms with E-state index in [0.29, 0.717) is 23.8 Å². The Bertz CT molecular complexity index is 355. The number of aliphatic hydroxyl groups is 1. The minimum absolute atomic E-state index is 0.372. The van der Waals surface area contributed by atoms with Crippen molar-refractivity contribution < 1.29 is 14.2 Å². The Morgan fingerprint density at radius 3 is 2.65 bits per heavy atom. The summed E-state index contributed by atoms with van der Waals surface area (Å²) in [7, 11) is 1.50. The van der Waals surface area contributed by atoms with Crippen molar-refractivity contribution in [3.63, 3.8) is 0 Å². The Labute approximate surface area is 102 Å². The van der Waals surface area contributed by atoms with E-state index >= 15 is 0 Å². The van der Waals surface area contributed by atoms with Gasteiger partial charge in [-0.05, 0) is 30.7 Å². The molecule has 0 bridgehead atoms. The van der Waals surface area contributed by atoms with Gasteiger partial charge in [0.2, 0.25) is 0 Å². The van der Waals surface area contributed by atoms with Gasteiger partial charge in [-0.15, -0.1) is 0 Å². The van der Waals surface area contributed by atoms with E-state index in [9.17, 15) is 9.50 Å². The van der Waals surface area contributed by atoms with Crippen molar-refractivity contribution in [1.29, 1.82) is 0 Å². The Morgan fingerprint density at radius 1 is 1.35 bits per heavy atom. The molecule has 0 aromatic heterocycles. The first kappa shape index (κ1) is 13.9. The SMILES string of the molecule is COc1ccc(F)cc1C(O)CNCC(C)C. The normalized spacial score (nSPS) is 12.8. The third kappa shape index (κ3) is 4.32. The average Bonchev–Trinajstić information content (AvgIpc) is 2.28. The molecule has 0 heterocycles. The predicted molar refractivity (Wildman–Crippen MR) is 65.6 cm³/mol. The second kappa shape index (κ2) is 6.57. The van der Waals surface area contributed by atoms with Gasteiger partial charge in [0.1, 0.15) is 11.6 Å². The van der Waals surface area contributed by atoms with Crippen LogP contribution in [0.5, 0.6) is 5.75 Å². The topological polar surface area (TPSA) is 41.5 Å². The zero-order valence-electron chi connectivity index (χ0n) is 10.5. The van der Waals surface area contributed by atoms with Crippen molar-refractivity contribution in [2.75, 3.05) is 20.2 Å². The van der Waals surface area contributed by atoms with Gasteiger partial charge >= 0.3 is 0 Å². The van der Waals surface area contributed by atoms with Crippen LogP contribution in [-0.2, 0) is 0 Å². The Hall–Kier alpha value is -1.13. The van der Waals surface area contributed by atoms with Crippen LogP contribution in [0.4, 0.5) is 4.39 Å². The fourth-order valence-corrected chi connectivity index (χ4v) is 1.58. The fourth-order valence-electron chi connectivity index (χ4n) is 1.58. The number of nitrogens with one attached hydrogen (secondary N) is 1. The molecule has 1 atom stereocenters. The highest BCUT2D eigenvalue weighted by Crippen LogP contribution is 2.25. The number of rotatable bonds is 6. The number of hydrogen-bond acceptors (Lipinski definition) is 3. The first-order chi connectivity index (χ1) is 8.04. The molecule has 1 rings (SSSR count). The first-order valence-electron chi connectivity index (χ1n) is 5.76. The number of benzene rings is 1. The van der Waals surface area contributed by atoms with Crippen LogP contribution in [-0.4, -0.2) is 25.3 Å². The number of methoxy groups -OCH3 is 1. The van der Waals surface area contributed by atoms with Crippen molar-refractivity contribution >= 4 is 0 Å². The minimum Gasteiger partial charge on any atom is -0.496 e. The second-order valence-electron chi connectivity index (χ2n) is 4.45. The molecule has 3 nitrogen and oxygen atoms in total. The largest absolute Gasteiger partial charge is 0.496 e. The molecule has 17 heavy (non-hydrogen) atoms. The first-order valence-corrected chi connectivity index (χ1v) is 5.76. The Kier molecular flexibility index (Phi) is 5.38. The molecule has 1 aromatic rings. The van der Waals surface area contributed by atoms with Crippen molar-refractivity contribution in [3.8, 4) is 5.75 Å². The van der Waals surface area contributed by atoms with Crippen LogP contribution in [0.25, 0.3) is 0 Å². The lowest BCUT2D eigenvalue weighted by atomic mass is 10.1. The third-order valence-electron chi connectivity index (χ3n) is 2.44. The standard InChI is InChI=1S/C13H20FNO2/c1-9(2)7-15-8-12(16)11-6-10(14)4-5-13(11)17-3/h4-6,9,12,15-16H,7-8H2,1-3H3. The van der Waals surface area contributed by atoms with Crippen LogP contribution < -0.4 is 10.1 Å². The fraction of sp³-hybridized carbons (Fsp3) is 0.538. The number of hydrogen-bond donors (Lipinski definition) is 2. The summed E-state index contributed by atoms with van der Waals surface area (Å²) >= 11 is 0. The van der Waals surface area contributed by atoms with Crippen LogP contribution in [0, 0.1) is 11.7 Å². The summed E-state index contributed by atoms with van der Waals surface area (Å²) in [5, 5.41) is 13.1. The lowest BCUT2D eigenvalue weighted by molar-refractivity contribution is 0.169. The number of halogens is 1. The smallest absolute Gasteiger partial charge is 0.124 e. The quantitative estimate of drug-likeness (QED) is 0.801. The van der Waals surface area contributed by atoms with Crippen molar-refractivity contribution in [3.05, 3.63) is 29.6 Å². The molecule has 0 fully saturated rings. The van der Waals surface area contributed by atoms with Crippen LogP contribution in [0.2, 0.25) is 0 Å². The van der Waals surface area contributed by atoms with Gasteiger partial charge in [0.25, 0.3) is 0 Å². The van der Waals surface area contributed by atoms with Crippen molar-refractivity contribution in [2.24, 2.45) is 5.92 Å². The molecular weight excluding hydrogens is 221 g/mol. The van der Waals surface area contributed by atoms with Crippen LogP contribution in [0.1, 0.15) is 25.5 Å². The van der Waals surface area contributed by atoms with E-state index in [4.69, 9.17) is 4.74 Å². The molecule has 4 heteroatoms. The summed E-state index contributed by atoms with van der Waals surface area (Å²) in [6.07, 6.45) is -0.764. The predicted octanol–water partition coefficient (Wildman–Crippen LogP) is 2.11. The molecule has 0 amide bonds. The monoisotopic (exact) mass is 241 g/mol. The number of ether oxygens (including phenoxy) is 1. The molecule has 1 aromatic carbocycles. The van der Waals surface area contributed by atoms with Gasteiger partial charge in [-0.1, -0.05) is 13.8 Å². The molecule has 2 N–H and O–H groups in total. The maximum absolute atomic E-state index is 13.1. The van der Waals surface area contributed by atoms with Crippen LogP contribution in [0.3, 0.4) is 0 Å². The average molecular weight is 241 g/mol. The van der Waals surface area contributed by atoms with E-state index in [-0.39, 0.29) is 5.82 Å². The molecular formula is C13H20FNO2. The number of aliphatic hydroxyl groups excluding tert-OH is 1. The Morgan fingerprint density at radius 2 is 2.06 bits per heavy atom. The molecule has 0 aliphatic rings. The van der Waals surface area contributed by atoms with Gasteiger partial charge in [-0.3, -0.25) is 0 Å². The molecule has 0 radical (unpaired) electrons. The maximum Gasteiger partial charge on any atom is 0.124 e. The van der Waals surface area contributed by atoms with E-state index in [2.05, 4.69) is 19.2 Å². The van der Waals surface area contributed by atoms with E-state index < -0.39 is 6.10 Å². The minimum atomic E-state index is -0.764. The molecule has 0 aliphatic carbocycles. The summed E-state index contributed by atoms with van der Waals surface area (Å²) in [4.78, 5) is 0. The Balaban J connectivity index is 2.66. The highest BCUT2D eigenvalue weighted by molar-refractivity contribution is 5.35. The van der Waals surface area contributed by atoms with Gasteiger partial charge in [-0.25, -0.2) is 4.39 Å². The summed E-state index contributed by atoms with van der Waals surface area (Å²) in [5.41, 5.74) is 0.476. The van der Waals surface area contributed by atoms with E-state index in [1.165, 1.54) is 25.3 Å². The van der Waals surface area contributed by atoms with Gasteiger partial charge in [0.05, 0.1) is 13.2 Å². The lowest BCUT2D eigenvalue weighted by Crippen LogP contribution is -2.25. The van der Waals surface area contributed by atoms with E-state index in [0.717, 1.165) is 6.54 Å². The van der Waals surface area contributed by atoms with Gasteiger partial charge in [0, 0.05) is 12.1 Å². The molecule has 0 spiro atoms. The molecule has 1 unspecified atom stereocenters. The van der Waals surface area contributed by atoms with Crippen molar-refractivity contribution in [2.45, 2.75) is 20.0 Å². The lowest BCUT2D eigenvalue weighted by Gasteiger charge is -2.16. The summed E-state index contributed by atoms with van der Waals surface area (Å²) in [5.74, 6) is 0.644. The third-order valence-corrected chi connectivity index (χ3v) is 2.44. The van der Waals surface area contributed by atoms with Crippen molar-refractivity contribution in [1.82, 2.24) is 5.32 Å². The van der Waals surface area contributed by atoms with Gasteiger partial charge in [-0.2, -0.15) is 0 Å². The van der Waals surface area contributed by atoms with E-state index in [1.54, 1.807) is 0 Å². The highest BCUT2D eigenvalue weighted by atomic mass is 19.1. The molecule has 0 saturated heterocycles. The highest BCUT2D eigenvalue weighted by Gasteiger charge is 2.14. The van der Waals surface area contributed by atoms with Gasteiger partial charge < -0.3 is 15.2 Å². The summed E-state index contributed by atoms with van der Waals surface area (Å²) < 4.78 is 18.2. The molecule has 96 valence electrons. The van der Waals surface area contributed by atoms with Crippen LogP contribution >= 0.6 is 0 Å². The zero-order valence-corrected chi connectivity index (χ0v) is 10.5. The second-order valence-corrected chi connectivity index (χ2v) is 4.45. The van der Waals surface area contributed by atoms with Crippen LogP contribution in [0.15, 0.2) is 18.2 Å². The van der Waals surface area contributed by atoms with Gasteiger partial charge in [0.15, 0.2) is 0 Å². The van der Waals surface area contributed by atoms with E-state index in [1.807, 2.05) is 0 Å². The molecule has 0 saturated carbocycles. The summed E-state index contributed by atoms with van der Waals surface area (Å²) in [6, 6.07) is 4.15. The molecule has 0 aliphatic heterocycles. The summed E-state index contributed by atoms with van der Waals surface area (Å²) in [6.45, 7) is 5.37. The maximum atomic E-state index is 13.1.